The molecule has 1 aromatic heterocycles. The monoisotopic (exact) mass is 451 g/mol. The highest BCUT2D eigenvalue weighted by molar-refractivity contribution is 5.80. The first-order valence-electron chi connectivity index (χ1n) is 8.69. The summed E-state index contributed by atoms with van der Waals surface area (Å²) < 4.78 is 4.91. The quantitative estimate of drug-likeness (QED) is 0.391. The Labute approximate surface area is 166 Å². The van der Waals surface area contributed by atoms with E-state index in [2.05, 4.69) is 37.7 Å². The standard InChI is InChI=1S/C20H26N3O.HI/c1-4-23(3,5-2)16-15-21-20(24)18-13-9-10-14-19(18)22(21)17-11-7-6-8-12-17;/h6-14H,4-5,15-16H2,1-3H3;1H/q+1;/p-1. The minimum Gasteiger partial charge on any atom is -1.00 e. The van der Waals surface area contributed by atoms with E-state index in [9.17, 15) is 4.79 Å². The van der Waals surface area contributed by atoms with Gasteiger partial charge in [-0.05, 0) is 38.1 Å². The van der Waals surface area contributed by atoms with Gasteiger partial charge in [0.15, 0.2) is 0 Å². The third-order valence-corrected chi connectivity index (χ3v) is 5.22. The van der Waals surface area contributed by atoms with Crippen LogP contribution in [0.15, 0.2) is 59.4 Å². The lowest BCUT2D eigenvalue weighted by atomic mass is 10.2. The van der Waals surface area contributed by atoms with Gasteiger partial charge >= 0.3 is 0 Å². The van der Waals surface area contributed by atoms with Crippen LogP contribution in [0.25, 0.3) is 16.6 Å². The van der Waals surface area contributed by atoms with E-state index in [-0.39, 0.29) is 29.5 Å². The van der Waals surface area contributed by atoms with Crippen LogP contribution < -0.4 is 29.5 Å². The molecule has 5 heteroatoms. The van der Waals surface area contributed by atoms with E-state index >= 15 is 0 Å². The molecule has 3 aromatic rings. The van der Waals surface area contributed by atoms with Crippen molar-refractivity contribution >= 4 is 10.9 Å². The van der Waals surface area contributed by atoms with Crippen molar-refractivity contribution in [3.8, 4) is 5.69 Å². The molecule has 0 bridgehead atoms. The maximum atomic E-state index is 13.0. The number of nitrogens with zero attached hydrogens (tertiary/aromatic N) is 3. The molecule has 0 aliphatic rings. The highest BCUT2D eigenvalue weighted by Gasteiger charge is 2.20. The summed E-state index contributed by atoms with van der Waals surface area (Å²) in [5.41, 5.74) is 2.09. The summed E-state index contributed by atoms with van der Waals surface area (Å²) in [4.78, 5) is 13.0. The largest absolute Gasteiger partial charge is 1.00 e. The maximum Gasteiger partial charge on any atom is 0.275 e. The number of rotatable bonds is 6. The molecule has 0 amide bonds. The van der Waals surface area contributed by atoms with Crippen LogP contribution >= 0.6 is 0 Å². The van der Waals surface area contributed by atoms with Crippen LogP contribution in [0, 0.1) is 0 Å². The number of aromatic nitrogens is 2. The van der Waals surface area contributed by atoms with Crippen molar-refractivity contribution in [3.05, 3.63) is 65.0 Å². The van der Waals surface area contributed by atoms with E-state index in [0.29, 0.717) is 6.54 Å². The van der Waals surface area contributed by atoms with Gasteiger partial charge in [0.05, 0.1) is 49.8 Å². The Morgan fingerprint density at radius 2 is 1.52 bits per heavy atom. The molecule has 0 saturated heterocycles. The van der Waals surface area contributed by atoms with Crippen LogP contribution in [0.3, 0.4) is 0 Å². The fraction of sp³-hybridized carbons (Fsp3) is 0.350. The van der Waals surface area contributed by atoms with Gasteiger partial charge in [-0.25, -0.2) is 9.36 Å². The van der Waals surface area contributed by atoms with Gasteiger partial charge in [0, 0.05) is 0 Å². The summed E-state index contributed by atoms with van der Waals surface area (Å²) in [5.74, 6) is 0. The number of halogens is 1. The molecule has 0 N–H and O–H groups in total. The van der Waals surface area contributed by atoms with Gasteiger partial charge in [-0.3, -0.25) is 4.79 Å². The van der Waals surface area contributed by atoms with Crippen LogP contribution in [0.2, 0.25) is 0 Å². The number of para-hydroxylation sites is 2. The Balaban J connectivity index is 0.00000225. The smallest absolute Gasteiger partial charge is 0.275 e. The first-order valence-corrected chi connectivity index (χ1v) is 8.69. The topological polar surface area (TPSA) is 26.9 Å². The summed E-state index contributed by atoms with van der Waals surface area (Å²) in [6.45, 7) is 8.20. The molecule has 3 rings (SSSR count). The Morgan fingerprint density at radius 3 is 2.16 bits per heavy atom. The number of quaternary nitrogens is 1. The average molecular weight is 451 g/mol. The van der Waals surface area contributed by atoms with Crippen molar-refractivity contribution in [2.45, 2.75) is 20.4 Å². The maximum absolute atomic E-state index is 13.0. The van der Waals surface area contributed by atoms with Gasteiger partial charge < -0.3 is 28.5 Å². The van der Waals surface area contributed by atoms with Crippen molar-refractivity contribution in [1.82, 2.24) is 9.36 Å². The zero-order chi connectivity index (χ0) is 17.2. The predicted octanol–water partition coefficient (Wildman–Crippen LogP) is 0.283. The SMILES string of the molecule is CC[N+](C)(CC)CCn1c(=O)c2ccccc2n1-c1ccccc1.[I-]. The molecule has 0 spiro atoms. The molecule has 134 valence electrons. The molecule has 4 nitrogen and oxygen atoms in total. The van der Waals surface area contributed by atoms with Gasteiger partial charge in [0.25, 0.3) is 5.56 Å². The molecule has 0 unspecified atom stereocenters. The van der Waals surface area contributed by atoms with E-state index < -0.39 is 0 Å². The zero-order valence-electron chi connectivity index (χ0n) is 15.2. The molecule has 0 saturated carbocycles. The molecule has 2 aromatic carbocycles. The van der Waals surface area contributed by atoms with Gasteiger partial charge in [-0.2, -0.15) is 0 Å². The second-order valence-corrected chi connectivity index (χ2v) is 6.57. The predicted molar refractivity (Wildman–Crippen MR) is 99.7 cm³/mol. The van der Waals surface area contributed by atoms with Crippen molar-refractivity contribution in [2.75, 3.05) is 26.7 Å². The van der Waals surface area contributed by atoms with Crippen LogP contribution in [0.5, 0.6) is 0 Å². The Morgan fingerprint density at radius 1 is 0.920 bits per heavy atom. The number of hydrogen-bond acceptors (Lipinski definition) is 1. The van der Waals surface area contributed by atoms with Gasteiger partial charge in [0.2, 0.25) is 0 Å². The normalized spacial score (nSPS) is 11.5. The third kappa shape index (κ3) is 3.82. The molecular formula is C20H26IN3O. The third-order valence-electron chi connectivity index (χ3n) is 5.22. The van der Waals surface area contributed by atoms with Crippen molar-refractivity contribution in [3.63, 3.8) is 0 Å². The minimum atomic E-state index is 0. The highest BCUT2D eigenvalue weighted by atomic mass is 127. The number of hydrogen-bond donors (Lipinski definition) is 0. The number of likely N-dealkylation sites (N-methyl/N-ethyl adjacent to an activating group) is 1. The molecule has 0 radical (unpaired) electrons. The van der Waals surface area contributed by atoms with E-state index in [4.69, 9.17) is 0 Å². The molecule has 0 aliphatic heterocycles. The van der Waals surface area contributed by atoms with Crippen molar-refractivity contribution in [2.24, 2.45) is 0 Å². The highest BCUT2D eigenvalue weighted by Crippen LogP contribution is 2.17. The lowest BCUT2D eigenvalue weighted by molar-refractivity contribution is -0.906. The lowest BCUT2D eigenvalue weighted by Crippen LogP contribution is -3.00. The second-order valence-electron chi connectivity index (χ2n) is 6.57. The zero-order valence-corrected chi connectivity index (χ0v) is 17.3. The van der Waals surface area contributed by atoms with E-state index in [0.717, 1.165) is 40.7 Å². The first-order chi connectivity index (χ1) is 11.6. The first kappa shape index (κ1) is 19.7. The Bertz CT molecular complexity index is 879. The average Bonchev–Trinajstić information content (AvgIpc) is 2.93. The van der Waals surface area contributed by atoms with Crippen LogP contribution in [-0.2, 0) is 6.54 Å². The summed E-state index contributed by atoms with van der Waals surface area (Å²) in [6, 6.07) is 18.0. The summed E-state index contributed by atoms with van der Waals surface area (Å²) in [6.07, 6.45) is 0. The fourth-order valence-corrected chi connectivity index (χ4v) is 3.12. The molecule has 25 heavy (non-hydrogen) atoms. The second kappa shape index (κ2) is 8.19. The summed E-state index contributed by atoms with van der Waals surface area (Å²) in [5, 5.41) is 0.781. The molecule has 0 atom stereocenters. The molecule has 0 aliphatic carbocycles. The summed E-state index contributed by atoms with van der Waals surface area (Å²) >= 11 is 0. The van der Waals surface area contributed by atoms with Crippen LogP contribution in [0.4, 0.5) is 0 Å². The minimum absolute atomic E-state index is 0. The van der Waals surface area contributed by atoms with Gasteiger partial charge in [-0.1, -0.05) is 30.3 Å². The lowest BCUT2D eigenvalue weighted by Gasteiger charge is -2.32. The molecule has 1 heterocycles. The number of fused-ring (bicyclic) bond motifs is 1. The van der Waals surface area contributed by atoms with Crippen molar-refractivity contribution in [1.29, 1.82) is 0 Å². The van der Waals surface area contributed by atoms with Gasteiger partial charge in [0.1, 0.15) is 0 Å². The van der Waals surface area contributed by atoms with Crippen LogP contribution in [0.1, 0.15) is 13.8 Å². The Kier molecular flexibility index (Phi) is 6.46. The van der Waals surface area contributed by atoms with Crippen LogP contribution in [-0.4, -0.2) is 40.5 Å². The van der Waals surface area contributed by atoms with E-state index in [1.165, 1.54) is 0 Å². The molecule has 0 fully saturated rings. The Hall–Kier alpha value is -1.60. The summed E-state index contributed by atoms with van der Waals surface area (Å²) in [7, 11) is 2.25. The van der Waals surface area contributed by atoms with E-state index in [1.807, 2.05) is 47.1 Å². The van der Waals surface area contributed by atoms with Gasteiger partial charge in [-0.15, -0.1) is 0 Å². The molecular weight excluding hydrogens is 425 g/mol. The van der Waals surface area contributed by atoms with E-state index in [1.54, 1.807) is 0 Å². The number of benzene rings is 2. The fourth-order valence-electron chi connectivity index (χ4n) is 3.12. The van der Waals surface area contributed by atoms with Crippen molar-refractivity contribution < 1.29 is 28.5 Å².